The van der Waals surface area contributed by atoms with Gasteiger partial charge in [0, 0.05) is 0 Å². The number of hydrogen-bond donors (Lipinski definition) is 0. The summed E-state index contributed by atoms with van der Waals surface area (Å²) in [6.45, 7) is 0. The van der Waals surface area contributed by atoms with Gasteiger partial charge in [-0.05, 0) is 0 Å². The predicted molar refractivity (Wildman–Crippen MR) is 27.0 cm³/mol. The van der Waals surface area contributed by atoms with Crippen LogP contribution in [0.3, 0.4) is 0 Å². The van der Waals surface area contributed by atoms with Crippen LogP contribution < -0.4 is 27.6 Å². The molecule has 1 aromatic carbocycles. The van der Waals surface area contributed by atoms with Gasteiger partial charge in [0.05, 0.1) is 0 Å². The van der Waals surface area contributed by atoms with Crippen molar-refractivity contribution in [2.45, 2.75) is 0 Å². The summed E-state index contributed by atoms with van der Waals surface area (Å²) in [5.74, 6) is 0.0324. The molecule has 0 saturated heterocycles. The maximum absolute atomic E-state index is 12.5. The van der Waals surface area contributed by atoms with Crippen LogP contribution in [0.1, 0.15) is 0 Å². The molecule has 0 bridgehead atoms. The van der Waals surface area contributed by atoms with Crippen molar-refractivity contribution in [2.75, 3.05) is 0 Å². The molecule has 0 aliphatic rings. The Kier molecular flexibility index (Phi) is 8.99. The van der Waals surface area contributed by atoms with Crippen molar-refractivity contribution in [1.29, 1.82) is 0 Å². The van der Waals surface area contributed by atoms with E-state index in [1.807, 2.05) is 0 Å². The average molecular weight is 273 g/mol. The number of hydrogen-bond acceptors (Lipinski definition) is 1. The van der Waals surface area contributed by atoms with Crippen LogP contribution in [-0.2, 0) is 25.2 Å². The second-order valence-corrected chi connectivity index (χ2v) is 2.03. The molecular formula is C6H4Cl2FOZr. The molecule has 0 heterocycles. The van der Waals surface area contributed by atoms with Crippen molar-refractivity contribution in [3.63, 3.8) is 0 Å². The fourth-order valence-electron chi connectivity index (χ4n) is 0.528. The first-order valence-electron chi connectivity index (χ1n) is 2.42. The number of benzene rings is 1. The Morgan fingerprint density at radius 1 is 1.18 bits per heavy atom. The van der Waals surface area contributed by atoms with Gasteiger partial charge >= 0.3 is 68.2 Å². The Morgan fingerprint density at radius 2 is 1.73 bits per heavy atom. The SMILES string of the molecule is Fc1ccccc1[O][Zr+2].[Cl-].[Cl-]. The molecule has 0 amide bonds. The third-order valence-electron chi connectivity index (χ3n) is 0.947. The molecule has 0 spiro atoms. The first-order chi connectivity index (χ1) is 4.34. The first kappa shape index (κ1) is 14.0. The van der Waals surface area contributed by atoms with Gasteiger partial charge in [-0.1, -0.05) is 0 Å². The minimum atomic E-state index is -0.297. The Bertz CT molecular complexity index is 210. The van der Waals surface area contributed by atoms with Crippen LogP contribution in [0.15, 0.2) is 24.3 Å². The normalized spacial score (nSPS) is 7.55. The molecule has 0 radical (unpaired) electrons. The molecule has 1 rings (SSSR count). The van der Waals surface area contributed by atoms with E-state index in [4.69, 9.17) is 2.81 Å². The Labute approximate surface area is 92.6 Å². The molecule has 0 saturated carbocycles. The van der Waals surface area contributed by atoms with Crippen molar-refractivity contribution >= 4 is 0 Å². The molecule has 0 aliphatic heterocycles. The predicted octanol–water partition coefficient (Wildman–Crippen LogP) is -4.33. The van der Waals surface area contributed by atoms with Gasteiger partial charge in [-0.3, -0.25) is 0 Å². The summed E-state index contributed by atoms with van der Waals surface area (Å²) in [6, 6.07) is 6.35. The third-order valence-corrected chi connectivity index (χ3v) is 1.49. The summed E-state index contributed by atoms with van der Waals surface area (Å²) in [6.07, 6.45) is 0. The van der Waals surface area contributed by atoms with E-state index in [9.17, 15) is 4.39 Å². The molecule has 0 fully saturated rings. The van der Waals surface area contributed by atoms with Gasteiger partial charge in [0.1, 0.15) is 0 Å². The maximum atomic E-state index is 12.5. The Morgan fingerprint density at radius 3 is 2.09 bits per heavy atom. The third kappa shape index (κ3) is 4.10. The van der Waals surface area contributed by atoms with Gasteiger partial charge in [-0.15, -0.1) is 0 Å². The molecule has 1 nitrogen and oxygen atoms in total. The zero-order chi connectivity index (χ0) is 6.69. The van der Waals surface area contributed by atoms with E-state index in [2.05, 4.69) is 0 Å². The molecule has 1 aromatic rings. The molecular weight excluding hydrogens is 269 g/mol. The zero-order valence-electron chi connectivity index (χ0n) is 5.35. The number of para-hydroxylation sites is 1. The van der Waals surface area contributed by atoms with E-state index < -0.39 is 0 Å². The second kappa shape index (κ2) is 7.08. The first-order valence-corrected chi connectivity index (χ1v) is 3.43. The number of halogens is 3. The van der Waals surface area contributed by atoms with E-state index in [1.165, 1.54) is 6.07 Å². The largest absolute Gasteiger partial charge is 1.00 e. The van der Waals surface area contributed by atoms with E-state index in [-0.39, 0.29) is 30.6 Å². The van der Waals surface area contributed by atoms with Gasteiger partial charge in [-0.2, -0.15) is 0 Å². The molecule has 0 aromatic heterocycles. The van der Waals surface area contributed by atoms with Gasteiger partial charge in [0.25, 0.3) is 0 Å². The van der Waals surface area contributed by atoms with E-state index >= 15 is 0 Å². The van der Waals surface area contributed by atoms with Gasteiger partial charge in [0.2, 0.25) is 0 Å². The average Bonchev–Trinajstić information content (AvgIpc) is 1.89. The molecule has 0 unspecified atom stereocenters. The van der Waals surface area contributed by atoms with Crippen LogP contribution in [0.25, 0.3) is 0 Å². The molecule has 0 atom stereocenters. The summed E-state index contributed by atoms with van der Waals surface area (Å²) >= 11 is 0.855. The van der Waals surface area contributed by atoms with Crippen molar-refractivity contribution in [1.82, 2.24) is 0 Å². The topological polar surface area (TPSA) is 9.23 Å². The van der Waals surface area contributed by atoms with Gasteiger partial charge in [-0.25, -0.2) is 0 Å². The van der Waals surface area contributed by atoms with Crippen LogP contribution in [0.2, 0.25) is 0 Å². The molecule has 5 heteroatoms. The van der Waals surface area contributed by atoms with Crippen LogP contribution in [-0.4, -0.2) is 0 Å². The molecule has 11 heavy (non-hydrogen) atoms. The Hall–Kier alpha value is 0.413. The van der Waals surface area contributed by atoms with Crippen molar-refractivity contribution in [3.05, 3.63) is 30.1 Å². The van der Waals surface area contributed by atoms with E-state index in [0.717, 1.165) is 25.2 Å². The van der Waals surface area contributed by atoms with Crippen molar-refractivity contribution in [2.24, 2.45) is 0 Å². The summed E-state index contributed by atoms with van der Waals surface area (Å²) in [4.78, 5) is 0. The van der Waals surface area contributed by atoms with Crippen LogP contribution in [0, 0.1) is 5.82 Å². The van der Waals surface area contributed by atoms with Crippen LogP contribution in [0.4, 0.5) is 4.39 Å². The summed E-state index contributed by atoms with van der Waals surface area (Å²) in [5.41, 5.74) is 0. The summed E-state index contributed by atoms with van der Waals surface area (Å²) in [5, 5.41) is 0. The monoisotopic (exact) mass is 271 g/mol. The quantitative estimate of drug-likeness (QED) is 0.503. The summed E-state index contributed by atoms with van der Waals surface area (Å²) in [7, 11) is 0. The molecule has 0 aliphatic carbocycles. The number of rotatable bonds is 1. The fourth-order valence-corrected chi connectivity index (χ4v) is 0.934. The van der Waals surface area contributed by atoms with Crippen LogP contribution >= 0.6 is 0 Å². The standard InChI is InChI=1S/C6H5FO.2ClH.Zr/c7-5-3-1-2-4-6(5)8;;;/h1-4,8H;2*1H;/q;;;+3/p-3. The van der Waals surface area contributed by atoms with Crippen molar-refractivity contribution in [3.8, 4) is 5.75 Å². The van der Waals surface area contributed by atoms with Crippen molar-refractivity contribution < 1.29 is 57.2 Å². The van der Waals surface area contributed by atoms with Gasteiger partial charge < -0.3 is 24.8 Å². The van der Waals surface area contributed by atoms with E-state index in [1.54, 1.807) is 18.2 Å². The zero-order valence-corrected chi connectivity index (χ0v) is 9.32. The molecule has 0 N–H and O–H groups in total. The minimum Gasteiger partial charge on any atom is -1.00 e. The van der Waals surface area contributed by atoms with Gasteiger partial charge in [0.15, 0.2) is 0 Å². The minimum absolute atomic E-state index is 0. The fraction of sp³-hybridized carbons (Fsp3) is 0. The van der Waals surface area contributed by atoms with Crippen LogP contribution in [0.5, 0.6) is 5.75 Å². The van der Waals surface area contributed by atoms with E-state index in [0.29, 0.717) is 5.75 Å². The smallest absolute Gasteiger partial charge is 1.00 e. The second-order valence-electron chi connectivity index (χ2n) is 1.53. The Balaban J connectivity index is 0. The summed E-state index contributed by atoms with van der Waals surface area (Å²) < 4.78 is 17.2. The maximum Gasteiger partial charge on any atom is -1.00 e. The molecule has 59 valence electrons.